The smallest absolute Gasteiger partial charge is 0.417 e. The minimum Gasteiger partial charge on any atom is -0.480 e. The molecule has 0 spiro atoms. The number of carbonyl (C=O) groups is 3. The molecule has 2 rings (SSSR count). The highest BCUT2D eigenvalue weighted by atomic mass is 19.4. The number of amides is 2. The van der Waals surface area contributed by atoms with Crippen molar-refractivity contribution in [3.63, 3.8) is 0 Å². The van der Waals surface area contributed by atoms with E-state index in [-0.39, 0.29) is 6.54 Å². The van der Waals surface area contributed by atoms with Gasteiger partial charge in [0.25, 0.3) is 5.91 Å². The fourth-order valence-corrected chi connectivity index (χ4v) is 2.77. The molecule has 0 aliphatic carbocycles. The molecule has 6 nitrogen and oxygen atoms in total. The lowest BCUT2D eigenvalue weighted by Crippen LogP contribution is -2.51. The molecule has 1 saturated heterocycles. The number of alkyl halides is 3. The average Bonchev–Trinajstić information content (AvgIpc) is 2.58. The van der Waals surface area contributed by atoms with Crippen LogP contribution in [0.2, 0.25) is 0 Å². The third-order valence-corrected chi connectivity index (χ3v) is 3.99. The van der Waals surface area contributed by atoms with E-state index in [2.05, 4.69) is 5.32 Å². The zero-order valence-electron chi connectivity index (χ0n) is 13.2. The second kappa shape index (κ2) is 7.54. The van der Waals surface area contributed by atoms with Crippen molar-refractivity contribution in [3.8, 4) is 0 Å². The van der Waals surface area contributed by atoms with Gasteiger partial charge in [-0.1, -0.05) is 12.1 Å². The fraction of sp³-hybridized carbons (Fsp3) is 0.438. The number of rotatable bonds is 4. The van der Waals surface area contributed by atoms with E-state index < -0.39 is 47.7 Å². The van der Waals surface area contributed by atoms with Crippen molar-refractivity contribution >= 4 is 17.8 Å². The maximum absolute atomic E-state index is 12.9. The van der Waals surface area contributed by atoms with Crippen molar-refractivity contribution in [2.24, 2.45) is 0 Å². The summed E-state index contributed by atoms with van der Waals surface area (Å²) in [5.74, 6) is -2.81. The molecular formula is C16H17F3N2O4. The highest BCUT2D eigenvalue weighted by Crippen LogP contribution is 2.31. The predicted octanol–water partition coefficient (Wildman–Crippen LogP) is 1.90. The summed E-state index contributed by atoms with van der Waals surface area (Å²) >= 11 is 0. The third kappa shape index (κ3) is 4.49. The Morgan fingerprint density at radius 1 is 1.20 bits per heavy atom. The number of carboxylic acids is 1. The van der Waals surface area contributed by atoms with Gasteiger partial charge in [-0.25, -0.2) is 4.79 Å². The summed E-state index contributed by atoms with van der Waals surface area (Å²) in [6.45, 7) is -0.320. The van der Waals surface area contributed by atoms with Gasteiger partial charge in [0.1, 0.15) is 6.04 Å². The van der Waals surface area contributed by atoms with E-state index in [0.717, 1.165) is 23.1 Å². The molecule has 0 unspecified atom stereocenters. The topological polar surface area (TPSA) is 86.7 Å². The summed E-state index contributed by atoms with van der Waals surface area (Å²) in [6.07, 6.45) is -3.07. The monoisotopic (exact) mass is 358 g/mol. The summed E-state index contributed by atoms with van der Waals surface area (Å²) in [5, 5.41) is 11.3. The van der Waals surface area contributed by atoms with Crippen molar-refractivity contribution in [1.29, 1.82) is 0 Å². The Labute approximate surface area is 141 Å². The highest BCUT2D eigenvalue weighted by Gasteiger charge is 2.35. The van der Waals surface area contributed by atoms with Gasteiger partial charge in [-0.3, -0.25) is 9.59 Å². The summed E-state index contributed by atoms with van der Waals surface area (Å²) in [5.41, 5.74) is -1.68. The van der Waals surface area contributed by atoms with Gasteiger partial charge in [-0.2, -0.15) is 13.2 Å². The summed E-state index contributed by atoms with van der Waals surface area (Å²) in [7, 11) is 0. The minimum absolute atomic E-state index is 0.241. The number of carboxylic acid groups (broad SMARTS) is 1. The second-order valence-corrected chi connectivity index (χ2v) is 5.66. The van der Waals surface area contributed by atoms with E-state index in [4.69, 9.17) is 5.11 Å². The molecule has 0 bridgehead atoms. The van der Waals surface area contributed by atoms with Gasteiger partial charge in [0.05, 0.1) is 17.7 Å². The lowest BCUT2D eigenvalue weighted by molar-refractivity contribution is -0.151. The molecule has 25 heavy (non-hydrogen) atoms. The van der Waals surface area contributed by atoms with Gasteiger partial charge in [0.2, 0.25) is 5.91 Å². The zero-order chi connectivity index (χ0) is 18.6. The molecule has 2 N–H and O–H groups in total. The molecule has 136 valence electrons. The van der Waals surface area contributed by atoms with Crippen molar-refractivity contribution in [3.05, 3.63) is 35.4 Å². The first-order valence-corrected chi connectivity index (χ1v) is 7.68. The molecule has 1 aromatic carbocycles. The Bertz CT molecular complexity index is 676. The molecule has 1 heterocycles. The van der Waals surface area contributed by atoms with Crippen LogP contribution in [-0.2, 0) is 15.8 Å². The van der Waals surface area contributed by atoms with Crippen molar-refractivity contribution in [2.45, 2.75) is 31.5 Å². The maximum atomic E-state index is 12.9. The van der Waals surface area contributed by atoms with Crippen LogP contribution < -0.4 is 5.32 Å². The maximum Gasteiger partial charge on any atom is 0.417 e. The number of benzene rings is 1. The minimum atomic E-state index is -4.70. The quantitative estimate of drug-likeness (QED) is 0.861. The number of likely N-dealkylation sites (tertiary alicyclic amines) is 1. The van der Waals surface area contributed by atoms with Crippen molar-refractivity contribution in [1.82, 2.24) is 10.2 Å². The number of piperidine rings is 1. The first-order valence-electron chi connectivity index (χ1n) is 7.68. The molecule has 1 fully saturated rings. The number of hydrogen-bond donors (Lipinski definition) is 2. The van der Waals surface area contributed by atoms with Crippen LogP contribution in [0.15, 0.2) is 24.3 Å². The molecule has 1 aromatic rings. The molecule has 0 saturated carbocycles. The van der Waals surface area contributed by atoms with E-state index in [1.165, 1.54) is 6.07 Å². The molecule has 0 radical (unpaired) electrons. The van der Waals surface area contributed by atoms with Gasteiger partial charge in [0, 0.05) is 6.54 Å². The standard InChI is InChI=1S/C16H17F3N2O4/c17-16(18,19)11-6-2-1-5-10(11)14(23)20-9-13(22)21-8-4-3-7-12(21)15(24)25/h1-2,5-6,12H,3-4,7-9H2,(H,20,23)(H,24,25)/t12-/m0/s1. The Kier molecular flexibility index (Phi) is 5.66. The van der Waals surface area contributed by atoms with E-state index in [0.29, 0.717) is 19.3 Å². The first-order chi connectivity index (χ1) is 11.7. The lowest BCUT2D eigenvalue weighted by atomic mass is 10.0. The molecule has 9 heteroatoms. The number of halogens is 3. The van der Waals surface area contributed by atoms with Crippen LogP contribution in [-0.4, -0.2) is 46.9 Å². The zero-order valence-corrected chi connectivity index (χ0v) is 13.2. The van der Waals surface area contributed by atoms with Crippen LogP contribution in [0.25, 0.3) is 0 Å². The van der Waals surface area contributed by atoms with Crippen LogP contribution in [0.5, 0.6) is 0 Å². The molecule has 1 aliphatic rings. The van der Waals surface area contributed by atoms with E-state index in [9.17, 15) is 27.6 Å². The number of nitrogens with zero attached hydrogens (tertiary/aromatic N) is 1. The fourth-order valence-electron chi connectivity index (χ4n) is 2.77. The Morgan fingerprint density at radius 3 is 2.52 bits per heavy atom. The average molecular weight is 358 g/mol. The Hall–Kier alpha value is -2.58. The largest absolute Gasteiger partial charge is 0.480 e. The van der Waals surface area contributed by atoms with E-state index in [1.807, 2.05) is 0 Å². The second-order valence-electron chi connectivity index (χ2n) is 5.66. The van der Waals surface area contributed by atoms with Crippen LogP contribution in [0.1, 0.15) is 35.2 Å². The normalized spacial score (nSPS) is 17.9. The molecule has 1 atom stereocenters. The Balaban J connectivity index is 2.05. The SMILES string of the molecule is O=C(NCC(=O)N1CCCC[C@H]1C(=O)O)c1ccccc1C(F)(F)F. The van der Waals surface area contributed by atoms with Crippen LogP contribution >= 0.6 is 0 Å². The van der Waals surface area contributed by atoms with Crippen LogP contribution in [0, 0.1) is 0 Å². The van der Waals surface area contributed by atoms with Gasteiger partial charge in [-0.05, 0) is 31.4 Å². The van der Waals surface area contributed by atoms with Crippen LogP contribution in [0.4, 0.5) is 13.2 Å². The molecule has 1 aliphatic heterocycles. The van der Waals surface area contributed by atoms with Crippen molar-refractivity contribution in [2.75, 3.05) is 13.1 Å². The number of carbonyl (C=O) groups excluding carboxylic acids is 2. The molecule has 2 amide bonds. The van der Waals surface area contributed by atoms with E-state index >= 15 is 0 Å². The van der Waals surface area contributed by atoms with Crippen LogP contribution in [0.3, 0.4) is 0 Å². The molecular weight excluding hydrogens is 341 g/mol. The number of hydrogen-bond acceptors (Lipinski definition) is 3. The van der Waals surface area contributed by atoms with Crippen molar-refractivity contribution < 1.29 is 32.7 Å². The number of nitrogens with one attached hydrogen (secondary N) is 1. The molecule has 0 aromatic heterocycles. The highest BCUT2D eigenvalue weighted by molar-refractivity contribution is 5.98. The number of aliphatic carboxylic acids is 1. The van der Waals surface area contributed by atoms with Gasteiger partial charge >= 0.3 is 12.1 Å². The lowest BCUT2D eigenvalue weighted by Gasteiger charge is -2.33. The Morgan fingerprint density at radius 2 is 1.88 bits per heavy atom. The summed E-state index contributed by atoms with van der Waals surface area (Å²) in [6, 6.07) is 3.28. The van der Waals surface area contributed by atoms with E-state index in [1.54, 1.807) is 0 Å². The predicted molar refractivity (Wildman–Crippen MR) is 80.8 cm³/mol. The summed E-state index contributed by atoms with van der Waals surface area (Å²) < 4.78 is 38.8. The summed E-state index contributed by atoms with van der Waals surface area (Å²) in [4.78, 5) is 36.5. The van der Waals surface area contributed by atoms with Gasteiger partial charge < -0.3 is 15.3 Å². The first kappa shape index (κ1) is 18.8. The third-order valence-electron chi connectivity index (χ3n) is 3.99. The van der Waals surface area contributed by atoms with Gasteiger partial charge in [0.15, 0.2) is 0 Å². The van der Waals surface area contributed by atoms with Gasteiger partial charge in [-0.15, -0.1) is 0 Å².